The van der Waals surface area contributed by atoms with Crippen LogP contribution < -0.4 is 11.1 Å². The lowest BCUT2D eigenvalue weighted by atomic mass is 10.1. The molecule has 8 heteroatoms. The maximum absolute atomic E-state index is 11.4. The van der Waals surface area contributed by atoms with Gasteiger partial charge in [0.05, 0.1) is 12.4 Å². The first-order chi connectivity index (χ1) is 8.47. The van der Waals surface area contributed by atoms with Gasteiger partial charge in [0, 0.05) is 19.3 Å². The highest BCUT2D eigenvalue weighted by atomic mass is 32.2. The summed E-state index contributed by atoms with van der Waals surface area (Å²) in [5, 5.41) is 11.2. The predicted molar refractivity (Wildman–Crippen MR) is 67.2 cm³/mol. The molecule has 4 N–H and O–H groups in total. The zero-order chi connectivity index (χ0) is 14.0. The number of methoxy groups -OCH3 is 1. The molecule has 0 saturated carbocycles. The maximum Gasteiger partial charge on any atom is 0.326 e. The largest absolute Gasteiger partial charge is 0.480 e. The molecular weight excluding hydrogens is 260 g/mol. The van der Waals surface area contributed by atoms with Crippen LogP contribution in [0.2, 0.25) is 0 Å². The van der Waals surface area contributed by atoms with E-state index in [1.165, 1.54) is 11.8 Å². The molecule has 0 rings (SSSR count). The van der Waals surface area contributed by atoms with Gasteiger partial charge in [-0.1, -0.05) is 0 Å². The van der Waals surface area contributed by atoms with Crippen molar-refractivity contribution in [1.82, 2.24) is 5.32 Å². The summed E-state index contributed by atoms with van der Waals surface area (Å²) < 4.78 is 4.81. The minimum absolute atomic E-state index is 0.000849. The Hall–Kier alpha value is -1.28. The van der Waals surface area contributed by atoms with Crippen LogP contribution in [0.5, 0.6) is 0 Å². The van der Waals surface area contributed by atoms with Crippen LogP contribution in [0, 0.1) is 0 Å². The number of hydrogen-bond donors (Lipinski definition) is 3. The zero-order valence-corrected chi connectivity index (χ0v) is 11.0. The van der Waals surface area contributed by atoms with Gasteiger partial charge in [-0.3, -0.25) is 9.59 Å². The number of amides is 2. The summed E-state index contributed by atoms with van der Waals surface area (Å²) in [6, 6.07) is -1.08. The Kier molecular flexibility index (Phi) is 9.03. The summed E-state index contributed by atoms with van der Waals surface area (Å²) in [4.78, 5) is 32.8. The van der Waals surface area contributed by atoms with E-state index >= 15 is 0 Å². The Labute approximate surface area is 109 Å². The fraction of sp³-hybridized carbons (Fsp3) is 0.700. The smallest absolute Gasteiger partial charge is 0.326 e. The average molecular weight is 278 g/mol. The molecule has 0 aliphatic heterocycles. The van der Waals surface area contributed by atoms with E-state index in [4.69, 9.17) is 15.6 Å². The van der Waals surface area contributed by atoms with Gasteiger partial charge in [-0.25, -0.2) is 4.79 Å². The van der Waals surface area contributed by atoms with Gasteiger partial charge in [-0.15, -0.1) is 11.8 Å². The fourth-order valence-electron chi connectivity index (χ4n) is 1.09. The maximum atomic E-state index is 11.4. The van der Waals surface area contributed by atoms with Crippen LogP contribution in [0.1, 0.15) is 12.8 Å². The molecule has 1 unspecified atom stereocenters. The highest BCUT2D eigenvalue weighted by Crippen LogP contribution is 2.01. The molecule has 0 aromatic rings. The molecule has 0 fully saturated rings. The van der Waals surface area contributed by atoms with Crippen molar-refractivity contribution in [2.45, 2.75) is 18.9 Å². The van der Waals surface area contributed by atoms with Crippen molar-refractivity contribution in [1.29, 1.82) is 0 Å². The summed E-state index contributed by atoms with van der Waals surface area (Å²) in [7, 11) is 1.56. The summed E-state index contributed by atoms with van der Waals surface area (Å²) >= 11 is 1.34. The molecule has 0 aromatic carbocycles. The highest BCUT2D eigenvalue weighted by Gasteiger charge is 2.20. The number of carboxylic acids is 1. The first-order valence-corrected chi connectivity index (χ1v) is 6.50. The van der Waals surface area contributed by atoms with Crippen molar-refractivity contribution >= 4 is 29.5 Å². The second-order valence-corrected chi connectivity index (χ2v) is 4.61. The molecule has 0 aliphatic carbocycles. The van der Waals surface area contributed by atoms with E-state index in [0.29, 0.717) is 12.4 Å². The van der Waals surface area contributed by atoms with Crippen molar-refractivity contribution in [3.8, 4) is 0 Å². The second-order valence-electron chi connectivity index (χ2n) is 3.51. The molecule has 0 aromatic heterocycles. The number of ether oxygens (including phenoxy) is 1. The van der Waals surface area contributed by atoms with Gasteiger partial charge < -0.3 is 20.9 Å². The molecule has 2 amide bonds. The minimum Gasteiger partial charge on any atom is -0.480 e. The normalized spacial score (nSPS) is 11.8. The topological polar surface area (TPSA) is 119 Å². The van der Waals surface area contributed by atoms with E-state index in [0.717, 1.165) is 0 Å². The molecule has 18 heavy (non-hydrogen) atoms. The monoisotopic (exact) mass is 278 g/mol. The number of thioether (sulfide) groups is 1. The standard InChI is InChI=1S/C10H18N2O5S/c1-17-4-5-18-6-9(14)12-7(10(15)16)2-3-8(11)13/h7H,2-6H2,1H3,(H2,11,13)(H,12,14)(H,15,16). The van der Waals surface area contributed by atoms with E-state index in [9.17, 15) is 14.4 Å². The van der Waals surface area contributed by atoms with Crippen LogP contribution in [0.3, 0.4) is 0 Å². The van der Waals surface area contributed by atoms with E-state index in [2.05, 4.69) is 5.32 Å². The molecule has 0 spiro atoms. The van der Waals surface area contributed by atoms with Crippen LogP contribution in [-0.4, -0.2) is 54.2 Å². The summed E-state index contributed by atoms with van der Waals surface area (Å²) in [6.45, 7) is 0.530. The third-order valence-corrected chi connectivity index (χ3v) is 2.90. The molecule has 1 atom stereocenters. The van der Waals surface area contributed by atoms with Crippen LogP contribution in [0.15, 0.2) is 0 Å². The van der Waals surface area contributed by atoms with Gasteiger partial charge in [0.25, 0.3) is 0 Å². The molecule has 0 heterocycles. The quantitative estimate of drug-likeness (QED) is 0.450. The lowest BCUT2D eigenvalue weighted by molar-refractivity contribution is -0.141. The van der Waals surface area contributed by atoms with E-state index in [1.54, 1.807) is 7.11 Å². The van der Waals surface area contributed by atoms with E-state index in [-0.39, 0.29) is 24.5 Å². The van der Waals surface area contributed by atoms with Crippen molar-refractivity contribution in [3.63, 3.8) is 0 Å². The number of nitrogens with one attached hydrogen (secondary N) is 1. The predicted octanol–water partition coefficient (Wildman–Crippen LogP) is -0.799. The lowest BCUT2D eigenvalue weighted by Gasteiger charge is -2.13. The van der Waals surface area contributed by atoms with E-state index in [1.807, 2.05) is 0 Å². The van der Waals surface area contributed by atoms with Crippen molar-refractivity contribution in [3.05, 3.63) is 0 Å². The number of carbonyl (C=O) groups is 3. The molecule has 0 saturated heterocycles. The van der Waals surface area contributed by atoms with Gasteiger partial charge in [0.1, 0.15) is 6.04 Å². The van der Waals surface area contributed by atoms with Gasteiger partial charge >= 0.3 is 5.97 Å². The third-order valence-electron chi connectivity index (χ3n) is 1.98. The van der Waals surface area contributed by atoms with Crippen LogP contribution in [-0.2, 0) is 19.1 Å². The Morgan fingerprint density at radius 3 is 2.61 bits per heavy atom. The zero-order valence-electron chi connectivity index (χ0n) is 10.2. The molecular formula is C10H18N2O5S. The second kappa shape index (κ2) is 9.72. The third kappa shape index (κ3) is 8.82. The molecule has 0 bridgehead atoms. The van der Waals surface area contributed by atoms with Gasteiger partial charge in [0.2, 0.25) is 11.8 Å². The number of primary amides is 1. The average Bonchev–Trinajstić information content (AvgIpc) is 2.29. The van der Waals surface area contributed by atoms with Crippen LogP contribution in [0.4, 0.5) is 0 Å². The molecule has 0 aliphatic rings. The van der Waals surface area contributed by atoms with Gasteiger partial charge in [-0.05, 0) is 6.42 Å². The first-order valence-electron chi connectivity index (χ1n) is 5.34. The Morgan fingerprint density at radius 2 is 2.11 bits per heavy atom. The number of aliphatic carboxylic acids is 1. The first kappa shape index (κ1) is 16.7. The lowest BCUT2D eigenvalue weighted by Crippen LogP contribution is -2.42. The molecule has 7 nitrogen and oxygen atoms in total. The number of rotatable bonds is 10. The summed E-state index contributed by atoms with van der Waals surface area (Å²) in [6.07, 6.45) is -0.0762. The fourth-order valence-corrected chi connectivity index (χ4v) is 1.78. The van der Waals surface area contributed by atoms with Crippen molar-refractivity contribution in [2.75, 3.05) is 25.2 Å². The Morgan fingerprint density at radius 1 is 1.44 bits per heavy atom. The highest BCUT2D eigenvalue weighted by molar-refractivity contribution is 7.99. The van der Waals surface area contributed by atoms with Gasteiger partial charge in [-0.2, -0.15) is 0 Å². The van der Waals surface area contributed by atoms with Crippen LogP contribution in [0.25, 0.3) is 0 Å². The molecule has 104 valence electrons. The Balaban J connectivity index is 3.96. The Bertz CT molecular complexity index is 298. The van der Waals surface area contributed by atoms with Crippen molar-refractivity contribution in [2.24, 2.45) is 5.73 Å². The SMILES string of the molecule is COCCSCC(=O)NC(CCC(N)=O)C(=O)O. The number of nitrogens with two attached hydrogens (primary N) is 1. The van der Waals surface area contributed by atoms with Gasteiger partial charge in [0.15, 0.2) is 0 Å². The summed E-state index contributed by atoms with van der Waals surface area (Å²) in [5.74, 6) is -1.34. The van der Waals surface area contributed by atoms with Crippen LogP contribution >= 0.6 is 11.8 Å². The number of carbonyl (C=O) groups excluding carboxylic acids is 2. The number of hydrogen-bond acceptors (Lipinski definition) is 5. The van der Waals surface area contributed by atoms with E-state index < -0.39 is 17.9 Å². The molecule has 0 radical (unpaired) electrons. The van der Waals surface area contributed by atoms with Crippen molar-refractivity contribution < 1.29 is 24.2 Å². The summed E-state index contributed by atoms with van der Waals surface area (Å²) in [5.41, 5.74) is 4.92. The number of carboxylic acid groups (broad SMARTS) is 1. The minimum atomic E-state index is -1.17.